The second-order valence-corrected chi connectivity index (χ2v) is 7.01. The van der Waals surface area contributed by atoms with E-state index in [0.29, 0.717) is 5.13 Å². The number of nitrogens with zero attached hydrogens (tertiary/aromatic N) is 1. The number of amides is 1. The third kappa shape index (κ3) is 4.34. The first-order chi connectivity index (χ1) is 12.5. The summed E-state index contributed by atoms with van der Waals surface area (Å²) in [5.41, 5.74) is 4.08. The third-order valence-electron chi connectivity index (χ3n) is 3.87. The van der Waals surface area contributed by atoms with Crippen LogP contribution >= 0.6 is 11.3 Å². The highest BCUT2D eigenvalue weighted by atomic mass is 32.1. The smallest absolute Gasteiger partial charge is 0.303 e. The van der Waals surface area contributed by atoms with E-state index in [2.05, 4.69) is 34.6 Å². The van der Waals surface area contributed by atoms with Gasteiger partial charge in [0.05, 0.1) is 12.1 Å². The lowest BCUT2D eigenvalue weighted by molar-refractivity contribution is -0.138. The van der Waals surface area contributed by atoms with Crippen molar-refractivity contribution >= 4 is 28.3 Å². The van der Waals surface area contributed by atoms with Crippen LogP contribution in [0.2, 0.25) is 0 Å². The molecule has 0 saturated heterocycles. The highest BCUT2D eigenvalue weighted by molar-refractivity contribution is 7.16. The van der Waals surface area contributed by atoms with Crippen LogP contribution in [0.3, 0.4) is 0 Å². The lowest BCUT2D eigenvalue weighted by Crippen LogP contribution is -2.12. The van der Waals surface area contributed by atoms with E-state index >= 15 is 0 Å². The van der Waals surface area contributed by atoms with E-state index < -0.39 is 5.97 Å². The molecule has 0 aliphatic carbocycles. The Labute approximate surface area is 155 Å². The van der Waals surface area contributed by atoms with Crippen molar-refractivity contribution in [3.05, 3.63) is 59.5 Å². The Kier molecular flexibility index (Phi) is 5.43. The average Bonchev–Trinajstić information content (AvgIpc) is 3.01. The normalized spacial score (nSPS) is 10.5. The first-order valence-electron chi connectivity index (χ1n) is 8.18. The molecule has 1 heterocycles. The highest BCUT2D eigenvalue weighted by Crippen LogP contribution is 2.31. The Morgan fingerprint density at radius 2 is 1.58 bits per heavy atom. The van der Waals surface area contributed by atoms with Crippen molar-refractivity contribution in [2.75, 3.05) is 5.32 Å². The largest absolute Gasteiger partial charge is 0.481 e. The molecule has 1 amide bonds. The van der Waals surface area contributed by atoms with Crippen LogP contribution < -0.4 is 5.32 Å². The van der Waals surface area contributed by atoms with Crippen molar-refractivity contribution in [1.29, 1.82) is 0 Å². The highest BCUT2D eigenvalue weighted by Gasteiger charge is 2.13. The van der Waals surface area contributed by atoms with Crippen LogP contribution in [0.1, 0.15) is 17.7 Å². The number of aryl methyl sites for hydroxylation is 1. The van der Waals surface area contributed by atoms with Crippen molar-refractivity contribution in [3.8, 4) is 22.4 Å². The van der Waals surface area contributed by atoms with Gasteiger partial charge in [-0.05, 0) is 18.1 Å². The fourth-order valence-electron chi connectivity index (χ4n) is 2.57. The van der Waals surface area contributed by atoms with Crippen LogP contribution in [0.15, 0.2) is 54.6 Å². The molecule has 132 valence electrons. The lowest BCUT2D eigenvalue weighted by atomic mass is 10.0. The van der Waals surface area contributed by atoms with E-state index in [1.54, 1.807) is 0 Å². The summed E-state index contributed by atoms with van der Waals surface area (Å²) in [6.07, 6.45) is -0.251. The number of hydrogen-bond donors (Lipinski definition) is 2. The molecule has 3 aromatic rings. The molecule has 6 heteroatoms. The van der Waals surface area contributed by atoms with E-state index in [1.165, 1.54) is 11.3 Å². The maximum atomic E-state index is 11.8. The molecule has 2 aromatic carbocycles. The first-order valence-corrected chi connectivity index (χ1v) is 8.99. The second-order valence-electron chi connectivity index (χ2n) is 5.81. The zero-order chi connectivity index (χ0) is 18.5. The second kappa shape index (κ2) is 7.93. The molecule has 3 rings (SSSR count). The topological polar surface area (TPSA) is 79.3 Å². The van der Waals surface area contributed by atoms with Crippen molar-refractivity contribution in [3.63, 3.8) is 0 Å². The van der Waals surface area contributed by atoms with Gasteiger partial charge in [0.15, 0.2) is 5.13 Å². The molecule has 2 N–H and O–H groups in total. The lowest BCUT2D eigenvalue weighted by Gasteiger charge is -2.03. The Hall–Kier alpha value is -2.99. The van der Waals surface area contributed by atoms with E-state index in [9.17, 15) is 9.59 Å². The molecule has 0 aliphatic heterocycles. The number of benzene rings is 2. The van der Waals surface area contributed by atoms with Crippen LogP contribution in [0, 0.1) is 6.92 Å². The van der Waals surface area contributed by atoms with E-state index in [0.717, 1.165) is 27.3 Å². The van der Waals surface area contributed by atoms with Gasteiger partial charge in [-0.25, -0.2) is 4.98 Å². The Morgan fingerprint density at radius 3 is 2.23 bits per heavy atom. The molecule has 0 unspecified atom stereocenters. The molecule has 1 aromatic heterocycles. The van der Waals surface area contributed by atoms with Crippen molar-refractivity contribution in [1.82, 2.24) is 4.98 Å². The number of rotatable bonds is 6. The number of aromatic nitrogens is 1. The van der Waals surface area contributed by atoms with Gasteiger partial charge in [-0.1, -0.05) is 54.6 Å². The summed E-state index contributed by atoms with van der Waals surface area (Å²) in [5.74, 6) is -1.33. The number of carboxylic acids is 1. The minimum atomic E-state index is -0.991. The zero-order valence-corrected chi connectivity index (χ0v) is 15.0. The molecular formula is C20H18N2O3S. The Balaban J connectivity index is 1.74. The van der Waals surface area contributed by atoms with E-state index in [1.807, 2.05) is 37.3 Å². The van der Waals surface area contributed by atoms with Gasteiger partial charge in [-0.3, -0.25) is 9.59 Å². The molecule has 5 nitrogen and oxygen atoms in total. The fraction of sp³-hybridized carbons (Fsp3) is 0.150. The van der Waals surface area contributed by atoms with Crippen LogP contribution in [-0.4, -0.2) is 22.0 Å². The monoisotopic (exact) mass is 366 g/mol. The molecule has 0 bridgehead atoms. The molecule has 0 fully saturated rings. The molecule has 0 radical (unpaired) electrons. The quantitative estimate of drug-likeness (QED) is 0.669. The van der Waals surface area contributed by atoms with Crippen molar-refractivity contribution in [2.45, 2.75) is 19.8 Å². The minimum Gasteiger partial charge on any atom is -0.481 e. The van der Waals surface area contributed by atoms with Crippen LogP contribution in [0.5, 0.6) is 0 Å². The summed E-state index contributed by atoms with van der Waals surface area (Å²) >= 11 is 1.38. The minimum absolute atomic E-state index is 0.0604. The SMILES string of the molecule is Cc1sc(NC(=O)CCC(=O)O)nc1-c1ccc(-c2ccccc2)cc1. The summed E-state index contributed by atoms with van der Waals surface area (Å²) in [6.45, 7) is 1.95. The molecule has 0 spiro atoms. The Morgan fingerprint density at radius 1 is 0.962 bits per heavy atom. The zero-order valence-electron chi connectivity index (χ0n) is 14.2. The van der Waals surface area contributed by atoms with Crippen molar-refractivity contribution in [2.24, 2.45) is 0 Å². The van der Waals surface area contributed by atoms with Crippen molar-refractivity contribution < 1.29 is 14.7 Å². The maximum Gasteiger partial charge on any atom is 0.303 e. The van der Waals surface area contributed by atoms with Gasteiger partial charge < -0.3 is 10.4 Å². The summed E-state index contributed by atoms with van der Waals surface area (Å²) in [6, 6.07) is 18.3. The van der Waals surface area contributed by atoms with Gasteiger partial charge in [0.1, 0.15) is 0 Å². The van der Waals surface area contributed by atoms with Gasteiger partial charge in [-0.2, -0.15) is 0 Å². The molecule has 0 atom stereocenters. The number of carboxylic acid groups (broad SMARTS) is 1. The predicted octanol–water partition coefficient (Wildman–Crippen LogP) is 4.59. The number of hydrogen-bond acceptors (Lipinski definition) is 4. The van der Waals surface area contributed by atoms with Crippen LogP contribution in [-0.2, 0) is 9.59 Å². The van der Waals surface area contributed by atoms with E-state index in [4.69, 9.17) is 5.11 Å². The van der Waals surface area contributed by atoms with Gasteiger partial charge in [0, 0.05) is 16.9 Å². The number of aliphatic carboxylic acids is 1. The summed E-state index contributed by atoms with van der Waals surface area (Å²) < 4.78 is 0. The molecule has 26 heavy (non-hydrogen) atoms. The maximum absolute atomic E-state index is 11.8. The van der Waals surface area contributed by atoms with Crippen LogP contribution in [0.4, 0.5) is 5.13 Å². The third-order valence-corrected chi connectivity index (χ3v) is 4.76. The number of thiazole rings is 1. The summed E-state index contributed by atoms with van der Waals surface area (Å²) in [7, 11) is 0. The number of carbonyl (C=O) groups excluding carboxylic acids is 1. The first kappa shape index (κ1) is 17.8. The molecule has 0 aliphatic rings. The Bertz CT molecular complexity index is 918. The van der Waals surface area contributed by atoms with Crippen LogP contribution in [0.25, 0.3) is 22.4 Å². The number of carbonyl (C=O) groups is 2. The summed E-state index contributed by atoms with van der Waals surface area (Å²) in [4.78, 5) is 27.8. The van der Waals surface area contributed by atoms with E-state index in [-0.39, 0.29) is 18.7 Å². The summed E-state index contributed by atoms with van der Waals surface area (Å²) in [5, 5.41) is 11.8. The van der Waals surface area contributed by atoms with Gasteiger partial charge in [0.25, 0.3) is 0 Å². The molecule has 0 saturated carbocycles. The molecular weight excluding hydrogens is 348 g/mol. The fourth-order valence-corrected chi connectivity index (χ4v) is 3.42. The van der Waals surface area contributed by atoms with Gasteiger partial charge in [-0.15, -0.1) is 11.3 Å². The number of nitrogens with one attached hydrogen (secondary N) is 1. The average molecular weight is 366 g/mol. The predicted molar refractivity (Wildman–Crippen MR) is 103 cm³/mol. The van der Waals surface area contributed by atoms with Gasteiger partial charge >= 0.3 is 5.97 Å². The number of anilines is 1. The van der Waals surface area contributed by atoms with Gasteiger partial charge in [0.2, 0.25) is 5.91 Å². The standard InChI is InChI=1S/C20H18N2O3S/c1-13-19(22-20(26-13)21-17(23)11-12-18(24)25)16-9-7-15(8-10-16)14-5-3-2-4-6-14/h2-10H,11-12H2,1H3,(H,24,25)(H,21,22,23).